The molecule has 0 amide bonds. The molecule has 2 rings (SSSR count). The molecule has 0 bridgehead atoms. The van der Waals surface area contributed by atoms with E-state index in [9.17, 15) is 0 Å². The van der Waals surface area contributed by atoms with Crippen LogP contribution in [0.3, 0.4) is 0 Å². The van der Waals surface area contributed by atoms with E-state index >= 15 is 0 Å². The predicted octanol–water partition coefficient (Wildman–Crippen LogP) is 0.957. The molecule has 0 aromatic carbocycles. The first-order valence-electron chi connectivity index (χ1n) is 5.27. The van der Waals surface area contributed by atoms with Crippen molar-refractivity contribution < 1.29 is 0 Å². The summed E-state index contributed by atoms with van der Waals surface area (Å²) in [4.78, 5) is 3.90. The summed E-state index contributed by atoms with van der Waals surface area (Å²) in [7, 11) is 1.73. The van der Waals surface area contributed by atoms with E-state index in [1.807, 2.05) is 0 Å². The number of nitrogens with two attached hydrogens (primary N) is 1. The molecule has 3 heteroatoms. The molecule has 0 aliphatic heterocycles. The summed E-state index contributed by atoms with van der Waals surface area (Å²) in [5.41, 5.74) is 5.60. The Morgan fingerprint density at radius 2 is 1.92 bits per heavy atom. The Morgan fingerprint density at radius 1 is 1.38 bits per heavy atom. The first-order chi connectivity index (χ1) is 6.31. The maximum absolute atomic E-state index is 5.60. The van der Waals surface area contributed by atoms with Crippen molar-refractivity contribution in [1.82, 2.24) is 5.32 Å². The normalized spacial score (nSPS) is 23.7. The molecule has 2 aliphatic rings. The first-order valence-corrected chi connectivity index (χ1v) is 5.27. The molecule has 0 aromatic heterocycles. The van der Waals surface area contributed by atoms with E-state index in [0.717, 1.165) is 24.3 Å². The van der Waals surface area contributed by atoms with E-state index in [2.05, 4.69) is 10.3 Å². The summed E-state index contributed by atoms with van der Waals surface area (Å²) in [5.74, 6) is 3.45. The molecule has 2 fully saturated rings. The molecule has 0 saturated heterocycles. The summed E-state index contributed by atoms with van der Waals surface area (Å²) in [6, 6.07) is 0. The zero-order chi connectivity index (χ0) is 9.26. The van der Waals surface area contributed by atoms with Crippen molar-refractivity contribution in [3.63, 3.8) is 0 Å². The van der Waals surface area contributed by atoms with Gasteiger partial charge in [0.15, 0.2) is 5.96 Å². The average Bonchev–Trinajstić information content (AvgIpc) is 2.98. The molecular weight excluding hydrogens is 162 g/mol. The van der Waals surface area contributed by atoms with Gasteiger partial charge in [-0.2, -0.15) is 0 Å². The minimum absolute atomic E-state index is 0.589. The summed E-state index contributed by atoms with van der Waals surface area (Å²) >= 11 is 0. The van der Waals surface area contributed by atoms with Gasteiger partial charge in [0.1, 0.15) is 0 Å². The number of hydrogen-bond donors (Lipinski definition) is 2. The van der Waals surface area contributed by atoms with Gasteiger partial charge in [0.05, 0.1) is 0 Å². The van der Waals surface area contributed by atoms with Gasteiger partial charge in [-0.3, -0.25) is 4.99 Å². The molecule has 3 nitrogen and oxygen atoms in total. The summed E-state index contributed by atoms with van der Waals surface area (Å²) in [6.45, 7) is 1.04. The van der Waals surface area contributed by atoms with Crippen LogP contribution in [0.5, 0.6) is 0 Å². The van der Waals surface area contributed by atoms with Crippen LogP contribution in [-0.4, -0.2) is 19.6 Å². The Morgan fingerprint density at radius 3 is 2.31 bits per heavy atom. The van der Waals surface area contributed by atoms with Crippen LogP contribution in [0.4, 0.5) is 0 Å². The van der Waals surface area contributed by atoms with Crippen molar-refractivity contribution in [3.8, 4) is 0 Å². The lowest BCUT2D eigenvalue weighted by Crippen LogP contribution is -2.36. The molecular formula is C10H19N3. The standard InChI is InChI=1S/C10H19N3/c1-12-10(11)13-6-9(7-2-3-7)8-4-5-8/h7-9H,2-6H2,1H3,(H3,11,12,13). The number of aliphatic imine (C=N–C) groups is 1. The number of nitrogens with one attached hydrogen (secondary N) is 1. The fourth-order valence-electron chi connectivity index (χ4n) is 2.07. The summed E-state index contributed by atoms with van der Waals surface area (Å²) in [5, 5.41) is 3.20. The van der Waals surface area contributed by atoms with Crippen molar-refractivity contribution in [2.45, 2.75) is 25.7 Å². The Hall–Kier alpha value is -0.730. The van der Waals surface area contributed by atoms with Crippen LogP contribution in [0, 0.1) is 17.8 Å². The zero-order valence-electron chi connectivity index (χ0n) is 8.29. The lowest BCUT2D eigenvalue weighted by Gasteiger charge is -2.16. The minimum Gasteiger partial charge on any atom is -0.370 e. The lowest BCUT2D eigenvalue weighted by atomic mass is 9.98. The molecule has 0 radical (unpaired) electrons. The Labute approximate surface area is 79.8 Å². The highest BCUT2D eigenvalue weighted by molar-refractivity contribution is 5.77. The smallest absolute Gasteiger partial charge is 0.188 e. The maximum atomic E-state index is 5.60. The Balaban J connectivity index is 1.76. The second-order valence-electron chi connectivity index (χ2n) is 4.33. The van der Waals surface area contributed by atoms with E-state index in [0.29, 0.717) is 5.96 Å². The lowest BCUT2D eigenvalue weighted by molar-refractivity contribution is 0.401. The Bertz CT molecular complexity index is 192. The van der Waals surface area contributed by atoms with Gasteiger partial charge < -0.3 is 11.1 Å². The highest BCUT2D eigenvalue weighted by Crippen LogP contribution is 2.48. The van der Waals surface area contributed by atoms with Crippen molar-refractivity contribution in [1.29, 1.82) is 0 Å². The van der Waals surface area contributed by atoms with Gasteiger partial charge in [-0.05, 0) is 43.4 Å². The van der Waals surface area contributed by atoms with Crippen molar-refractivity contribution in [2.24, 2.45) is 28.5 Å². The highest BCUT2D eigenvalue weighted by Gasteiger charge is 2.40. The minimum atomic E-state index is 0.589. The molecule has 0 heterocycles. The SMILES string of the molecule is CN=C(N)NCC(C1CC1)C1CC1. The van der Waals surface area contributed by atoms with Gasteiger partial charge in [0.25, 0.3) is 0 Å². The molecule has 0 atom stereocenters. The topological polar surface area (TPSA) is 50.4 Å². The second kappa shape index (κ2) is 3.56. The monoisotopic (exact) mass is 181 g/mol. The third-order valence-electron chi connectivity index (χ3n) is 3.21. The van der Waals surface area contributed by atoms with E-state index in [1.165, 1.54) is 25.7 Å². The molecule has 2 aliphatic carbocycles. The van der Waals surface area contributed by atoms with Crippen LogP contribution in [0.1, 0.15) is 25.7 Å². The number of hydrogen-bond acceptors (Lipinski definition) is 1. The van der Waals surface area contributed by atoms with Crippen LogP contribution in [-0.2, 0) is 0 Å². The van der Waals surface area contributed by atoms with Gasteiger partial charge in [-0.1, -0.05) is 0 Å². The molecule has 74 valence electrons. The molecule has 0 spiro atoms. The largest absolute Gasteiger partial charge is 0.370 e. The van der Waals surface area contributed by atoms with Crippen molar-refractivity contribution in [3.05, 3.63) is 0 Å². The second-order valence-corrected chi connectivity index (χ2v) is 4.33. The molecule has 2 saturated carbocycles. The van der Waals surface area contributed by atoms with E-state index in [-0.39, 0.29) is 0 Å². The number of guanidine groups is 1. The summed E-state index contributed by atoms with van der Waals surface area (Å²) in [6.07, 6.45) is 5.75. The fourth-order valence-corrected chi connectivity index (χ4v) is 2.07. The van der Waals surface area contributed by atoms with E-state index < -0.39 is 0 Å². The first kappa shape index (κ1) is 8.85. The van der Waals surface area contributed by atoms with Crippen molar-refractivity contribution >= 4 is 5.96 Å². The van der Waals surface area contributed by atoms with Gasteiger partial charge in [0.2, 0.25) is 0 Å². The number of nitrogens with zero attached hydrogens (tertiary/aromatic N) is 1. The van der Waals surface area contributed by atoms with Crippen LogP contribution >= 0.6 is 0 Å². The summed E-state index contributed by atoms with van der Waals surface area (Å²) < 4.78 is 0. The molecule has 0 unspecified atom stereocenters. The molecule has 0 aromatic rings. The van der Waals surface area contributed by atoms with E-state index in [4.69, 9.17) is 5.73 Å². The third kappa shape index (κ3) is 2.36. The van der Waals surface area contributed by atoms with Gasteiger partial charge in [-0.25, -0.2) is 0 Å². The van der Waals surface area contributed by atoms with Gasteiger partial charge in [-0.15, -0.1) is 0 Å². The Kier molecular flexibility index (Phi) is 2.42. The predicted molar refractivity (Wildman–Crippen MR) is 54.5 cm³/mol. The van der Waals surface area contributed by atoms with Gasteiger partial charge >= 0.3 is 0 Å². The van der Waals surface area contributed by atoms with Crippen LogP contribution in [0.25, 0.3) is 0 Å². The average molecular weight is 181 g/mol. The number of rotatable bonds is 4. The van der Waals surface area contributed by atoms with E-state index in [1.54, 1.807) is 7.05 Å². The fraction of sp³-hybridized carbons (Fsp3) is 0.900. The third-order valence-corrected chi connectivity index (χ3v) is 3.21. The molecule has 3 N–H and O–H groups in total. The highest BCUT2D eigenvalue weighted by atomic mass is 15.1. The van der Waals surface area contributed by atoms with Crippen molar-refractivity contribution in [2.75, 3.05) is 13.6 Å². The maximum Gasteiger partial charge on any atom is 0.188 e. The molecule has 13 heavy (non-hydrogen) atoms. The van der Waals surface area contributed by atoms with Crippen LogP contribution < -0.4 is 11.1 Å². The van der Waals surface area contributed by atoms with Gasteiger partial charge in [0, 0.05) is 13.6 Å². The van der Waals surface area contributed by atoms with Crippen LogP contribution in [0.15, 0.2) is 4.99 Å². The quantitative estimate of drug-likeness (QED) is 0.501. The zero-order valence-corrected chi connectivity index (χ0v) is 8.29. The van der Waals surface area contributed by atoms with Crippen LogP contribution in [0.2, 0.25) is 0 Å².